The molecule has 0 heterocycles. The molecule has 10 atom stereocenters. The fourth-order valence-corrected chi connectivity index (χ4v) is 4.37. The molecule has 0 aliphatic rings. The Morgan fingerprint density at radius 1 is 0.224 bits per heavy atom. The number of unbranched alkanes of at least 4 members (excludes halogenated alkanes) is 8. The van der Waals surface area contributed by atoms with Crippen LogP contribution < -0.4 is 0 Å². The lowest BCUT2D eigenvalue weighted by molar-refractivity contribution is -0.138. The lowest BCUT2D eigenvalue weighted by Gasteiger charge is -2.10. The Morgan fingerprint density at radius 3 is 0.395 bits per heavy atom. The molecule has 0 aromatic heterocycles. The summed E-state index contributed by atoms with van der Waals surface area (Å²) >= 11 is 16.0. The standard InChI is InChI=1S/4C6H12O2S.5C4H10O4/c4*7-6(8)4-2-1-3-5-9;5*5-1-3(7)4(8)2-6/h4*9H,1-5H2,(H,7,8);5*3-8H,1-2H2/t;;;;5*3-,4+. The first-order chi connectivity index (χ1) is 35.7. The predicted molar refractivity (Wildman–Crippen MR) is 291 cm³/mol. The molecule has 0 aliphatic heterocycles. The Balaban J connectivity index is -0.0000000950. The molecule has 0 aromatic carbocycles. The van der Waals surface area contributed by atoms with E-state index in [4.69, 9.17) is 123 Å². The molecule has 0 saturated carbocycles. The Morgan fingerprint density at radius 2 is 0.329 bits per heavy atom. The number of thiol groups is 4. The summed E-state index contributed by atoms with van der Waals surface area (Å²) in [7, 11) is 0. The van der Waals surface area contributed by atoms with E-state index >= 15 is 0 Å². The van der Waals surface area contributed by atoms with Crippen molar-refractivity contribution < 1.29 is 142 Å². The molecule has 0 unspecified atom stereocenters. The molecule has 28 nitrogen and oxygen atoms in total. The third kappa shape index (κ3) is 94.9. The Labute approximate surface area is 467 Å². The number of hydrogen-bond acceptors (Lipinski definition) is 28. The van der Waals surface area contributed by atoms with E-state index in [1.54, 1.807) is 0 Å². The molecular weight excluding hydrogens is 1100 g/mol. The number of carboxylic acid groups (broad SMARTS) is 4. The largest absolute Gasteiger partial charge is 0.481 e. The molecule has 466 valence electrons. The number of carbonyl (C=O) groups is 4. The predicted octanol–water partition coefficient (Wildman–Crippen LogP) is -5.29. The fraction of sp³-hybridized carbons (Fsp3) is 0.909. The summed E-state index contributed by atoms with van der Waals surface area (Å²) in [5.41, 5.74) is 0. The normalized spacial score (nSPS) is 13.9. The average Bonchev–Trinajstić information content (AvgIpc) is 3.42. The molecule has 24 N–H and O–H groups in total. The number of aliphatic hydroxyl groups is 20. The van der Waals surface area contributed by atoms with Gasteiger partial charge in [-0.3, -0.25) is 19.2 Å². The van der Waals surface area contributed by atoms with Crippen molar-refractivity contribution in [3.05, 3.63) is 0 Å². The van der Waals surface area contributed by atoms with Crippen molar-refractivity contribution in [1.29, 1.82) is 0 Å². The molecule has 0 spiro atoms. The molecule has 76 heavy (non-hydrogen) atoms. The second-order valence-electron chi connectivity index (χ2n) is 15.2. The maximum Gasteiger partial charge on any atom is 0.303 e. The van der Waals surface area contributed by atoms with Crippen molar-refractivity contribution in [2.75, 3.05) is 89.1 Å². The highest BCUT2D eigenvalue weighted by Gasteiger charge is 2.15. The summed E-state index contributed by atoms with van der Waals surface area (Å²) < 4.78 is 0. The van der Waals surface area contributed by atoms with Crippen LogP contribution in [0.25, 0.3) is 0 Å². The first-order valence-electron chi connectivity index (χ1n) is 23.9. The van der Waals surface area contributed by atoms with E-state index in [9.17, 15) is 19.2 Å². The van der Waals surface area contributed by atoms with E-state index in [2.05, 4.69) is 50.5 Å². The van der Waals surface area contributed by atoms with Gasteiger partial charge in [-0.1, -0.05) is 25.7 Å². The van der Waals surface area contributed by atoms with Crippen molar-refractivity contribution in [2.45, 2.75) is 164 Å². The summed E-state index contributed by atoms with van der Waals surface area (Å²) in [5, 5.41) is 199. The molecule has 0 fully saturated rings. The first-order valence-corrected chi connectivity index (χ1v) is 26.4. The van der Waals surface area contributed by atoms with Crippen LogP contribution >= 0.6 is 50.5 Å². The highest BCUT2D eigenvalue weighted by atomic mass is 32.1. The van der Waals surface area contributed by atoms with Crippen LogP contribution in [0.5, 0.6) is 0 Å². The van der Waals surface area contributed by atoms with E-state index in [-0.39, 0.29) is 0 Å². The van der Waals surface area contributed by atoms with Crippen molar-refractivity contribution >= 4 is 74.4 Å². The van der Waals surface area contributed by atoms with E-state index in [0.29, 0.717) is 25.7 Å². The van der Waals surface area contributed by atoms with Gasteiger partial charge < -0.3 is 123 Å². The molecule has 0 amide bonds. The lowest BCUT2D eigenvalue weighted by Crippen LogP contribution is -2.31. The van der Waals surface area contributed by atoms with E-state index < -0.39 is 151 Å². The second kappa shape index (κ2) is 77.7. The smallest absolute Gasteiger partial charge is 0.303 e. The molecular formula is C44H98O28S4. The van der Waals surface area contributed by atoms with E-state index in [1.165, 1.54) is 0 Å². The highest BCUT2D eigenvalue weighted by molar-refractivity contribution is 7.80. The van der Waals surface area contributed by atoms with Crippen LogP contribution in [0.1, 0.15) is 103 Å². The van der Waals surface area contributed by atoms with Gasteiger partial charge in [0.1, 0.15) is 61.0 Å². The first kappa shape index (κ1) is 93.8. The minimum Gasteiger partial charge on any atom is -0.481 e. The zero-order valence-electron chi connectivity index (χ0n) is 43.1. The third-order valence-corrected chi connectivity index (χ3v) is 9.55. The Bertz CT molecular complexity index is 929. The van der Waals surface area contributed by atoms with Crippen molar-refractivity contribution in [2.24, 2.45) is 0 Å². The van der Waals surface area contributed by atoms with Crippen LogP contribution in [0.3, 0.4) is 0 Å². The summed E-state index contributed by atoms with van der Waals surface area (Å²) in [5.74, 6) is 0.644. The maximum atomic E-state index is 9.94. The van der Waals surface area contributed by atoms with Crippen molar-refractivity contribution in [3.63, 3.8) is 0 Å². The molecule has 0 aliphatic carbocycles. The van der Waals surface area contributed by atoms with Gasteiger partial charge in [0, 0.05) is 25.7 Å². The topological polar surface area (TPSA) is 554 Å². The van der Waals surface area contributed by atoms with Gasteiger partial charge in [0.15, 0.2) is 0 Å². The third-order valence-electron chi connectivity index (χ3n) is 8.29. The van der Waals surface area contributed by atoms with Gasteiger partial charge >= 0.3 is 23.9 Å². The number of rotatable bonds is 35. The van der Waals surface area contributed by atoms with Crippen LogP contribution in [-0.4, -0.2) is 297 Å². The van der Waals surface area contributed by atoms with Gasteiger partial charge in [-0.25, -0.2) is 0 Å². The lowest BCUT2D eigenvalue weighted by atomic mass is 10.2. The van der Waals surface area contributed by atoms with Crippen LogP contribution in [0, 0.1) is 0 Å². The quantitative estimate of drug-likeness (QED) is 0.0208. The summed E-state index contributed by atoms with van der Waals surface area (Å²) in [6, 6.07) is 0. The molecule has 32 heteroatoms. The van der Waals surface area contributed by atoms with Gasteiger partial charge in [-0.15, -0.1) is 0 Å². The molecule has 0 bridgehead atoms. The molecule has 0 rings (SSSR count). The monoisotopic (exact) mass is 1200 g/mol. The highest BCUT2D eigenvalue weighted by Crippen LogP contribution is 2.02. The number of aliphatic carboxylic acids is 4. The summed E-state index contributed by atoms with van der Waals surface area (Å²) in [6.07, 6.45) is 0.150. The average molecular weight is 1200 g/mol. The fourth-order valence-electron chi connectivity index (χ4n) is 3.48. The minimum absolute atomic E-state index is 0.299. The Hall–Kier alpha value is -1.52. The molecule has 0 aromatic rings. The van der Waals surface area contributed by atoms with Crippen LogP contribution in [0.15, 0.2) is 0 Å². The Kier molecular flexibility index (Phi) is 95.9. The van der Waals surface area contributed by atoms with Gasteiger partial charge in [-0.2, -0.15) is 50.5 Å². The van der Waals surface area contributed by atoms with Gasteiger partial charge in [0.05, 0.1) is 66.1 Å². The van der Waals surface area contributed by atoms with Gasteiger partial charge in [0.2, 0.25) is 0 Å². The molecule has 0 saturated heterocycles. The molecule has 0 radical (unpaired) electrons. The zero-order chi connectivity index (χ0) is 61.3. The zero-order valence-corrected chi connectivity index (χ0v) is 46.7. The van der Waals surface area contributed by atoms with Crippen LogP contribution in [0.4, 0.5) is 0 Å². The second-order valence-corrected chi connectivity index (χ2v) is 17.0. The minimum atomic E-state index is -1.22. The van der Waals surface area contributed by atoms with Crippen molar-refractivity contribution in [3.8, 4) is 0 Å². The number of carboxylic acids is 4. The van der Waals surface area contributed by atoms with E-state index in [0.717, 1.165) is 100 Å². The number of hydrogen-bond donors (Lipinski definition) is 28. The number of aliphatic hydroxyl groups excluding tert-OH is 20. The van der Waals surface area contributed by atoms with Crippen molar-refractivity contribution in [1.82, 2.24) is 0 Å². The summed E-state index contributed by atoms with van der Waals surface area (Å²) in [4.78, 5) is 39.8. The van der Waals surface area contributed by atoms with Gasteiger partial charge in [-0.05, 0) is 74.4 Å². The van der Waals surface area contributed by atoms with E-state index in [1.807, 2.05) is 0 Å². The SMILES string of the molecule is O=C(O)CCCCCS.O=C(O)CCCCCS.O=C(O)CCCCCS.O=C(O)CCCCCS.OC[C@@H](O)[C@@H](O)CO.OC[C@@H](O)[C@@H](O)CO.OC[C@@H](O)[C@@H](O)CO.OC[C@@H](O)[C@@H](O)CO.OC[C@@H](O)[C@@H](O)CO. The maximum absolute atomic E-state index is 9.94. The summed E-state index contributed by atoms with van der Waals surface area (Å²) in [6.45, 7) is -5.26. The van der Waals surface area contributed by atoms with Crippen LogP contribution in [0.2, 0.25) is 0 Å². The van der Waals surface area contributed by atoms with Crippen LogP contribution in [-0.2, 0) is 19.2 Å². The van der Waals surface area contributed by atoms with Gasteiger partial charge in [0.25, 0.3) is 0 Å².